The van der Waals surface area contributed by atoms with Gasteiger partial charge in [0.25, 0.3) is 0 Å². The SMILES string of the molecule is CCCCC1=CC[C]([Ti][C]2(Pc3ccccc3C)C=Cc3ccccc32)=C1C. The van der Waals surface area contributed by atoms with Crippen LogP contribution in [0.3, 0.4) is 0 Å². The van der Waals surface area contributed by atoms with E-state index in [9.17, 15) is 0 Å². The third-order valence-corrected chi connectivity index (χ3v) is 11.4. The Morgan fingerprint density at radius 2 is 1.82 bits per heavy atom. The molecular weight excluding hydrogens is 391 g/mol. The summed E-state index contributed by atoms with van der Waals surface area (Å²) in [5, 5.41) is 1.53. The molecule has 0 amide bonds. The Hall–Kier alpha value is -1.20. The number of aryl methyl sites for hydroxylation is 1. The van der Waals surface area contributed by atoms with Gasteiger partial charge < -0.3 is 0 Å². The van der Waals surface area contributed by atoms with Crippen LogP contribution in [0.2, 0.25) is 0 Å². The van der Waals surface area contributed by atoms with E-state index in [1.54, 1.807) is 20.6 Å². The summed E-state index contributed by atoms with van der Waals surface area (Å²) >= 11 is -0.300. The van der Waals surface area contributed by atoms with Crippen molar-refractivity contribution >= 4 is 20.0 Å². The molecule has 0 aliphatic heterocycles. The third kappa shape index (κ3) is 3.93. The molecule has 2 aromatic rings. The molecule has 4 rings (SSSR count). The molecule has 2 aliphatic rings. The van der Waals surface area contributed by atoms with Gasteiger partial charge in [-0.25, -0.2) is 0 Å². The minimum atomic E-state index is -0.300. The molecule has 0 spiro atoms. The Kier molecular flexibility index (Phi) is 6.22. The molecular formula is C26H29PTi. The van der Waals surface area contributed by atoms with Crippen LogP contribution < -0.4 is 5.30 Å². The van der Waals surface area contributed by atoms with Crippen LogP contribution in [-0.4, -0.2) is 0 Å². The molecule has 28 heavy (non-hydrogen) atoms. The van der Waals surface area contributed by atoms with Crippen LogP contribution in [0.4, 0.5) is 0 Å². The molecule has 0 radical (unpaired) electrons. The van der Waals surface area contributed by atoms with E-state index in [1.165, 1.54) is 42.1 Å². The first-order valence-corrected chi connectivity index (χ1v) is 13.0. The molecule has 2 atom stereocenters. The third-order valence-electron chi connectivity index (χ3n) is 6.01. The first kappa shape index (κ1) is 20.1. The van der Waals surface area contributed by atoms with E-state index in [-0.39, 0.29) is 22.6 Å². The van der Waals surface area contributed by atoms with Crippen molar-refractivity contribution in [2.24, 2.45) is 0 Å². The van der Waals surface area contributed by atoms with Gasteiger partial charge in [-0.2, -0.15) is 0 Å². The average molecular weight is 420 g/mol. The summed E-state index contributed by atoms with van der Waals surface area (Å²) < 4.78 is 2.00. The summed E-state index contributed by atoms with van der Waals surface area (Å²) in [6.45, 7) is 6.95. The number of fused-ring (bicyclic) bond motifs is 1. The van der Waals surface area contributed by atoms with Crippen LogP contribution >= 0.6 is 8.58 Å². The number of hydrogen-bond acceptors (Lipinski definition) is 0. The topological polar surface area (TPSA) is 0 Å². The summed E-state index contributed by atoms with van der Waals surface area (Å²) in [5.41, 5.74) is 7.69. The van der Waals surface area contributed by atoms with Gasteiger partial charge in [-0.15, -0.1) is 0 Å². The van der Waals surface area contributed by atoms with Gasteiger partial charge in [0.05, 0.1) is 0 Å². The van der Waals surface area contributed by atoms with Crippen LogP contribution in [0, 0.1) is 6.92 Å². The van der Waals surface area contributed by atoms with E-state index < -0.39 is 0 Å². The van der Waals surface area contributed by atoms with Crippen molar-refractivity contribution in [3.05, 3.63) is 92.4 Å². The molecule has 0 bridgehead atoms. The Balaban J connectivity index is 1.69. The van der Waals surface area contributed by atoms with Crippen molar-refractivity contribution in [3.63, 3.8) is 0 Å². The van der Waals surface area contributed by atoms with Gasteiger partial charge in [0, 0.05) is 0 Å². The van der Waals surface area contributed by atoms with Gasteiger partial charge >= 0.3 is 181 Å². The number of benzene rings is 2. The molecule has 0 fully saturated rings. The molecule has 0 nitrogen and oxygen atoms in total. The molecule has 0 saturated carbocycles. The Morgan fingerprint density at radius 3 is 2.64 bits per heavy atom. The molecule has 0 heterocycles. The molecule has 2 aromatic carbocycles. The van der Waals surface area contributed by atoms with Crippen molar-refractivity contribution in [3.8, 4) is 0 Å². The van der Waals surface area contributed by atoms with Gasteiger partial charge in [0.15, 0.2) is 0 Å². The van der Waals surface area contributed by atoms with Crippen molar-refractivity contribution in [1.82, 2.24) is 0 Å². The molecule has 0 saturated heterocycles. The number of allylic oxidation sites excluding steroid dienone is 5. The molecule has 0 aromatic heterocycles. The average Bonchev–Trinajstić information content (AvgIpc) is 3.24. The fourth-order valence-electron chi connectivity index (χ4n) is 4.25. The molecule has 2 heteroatoms. The van der Waals surface area contributed by atoms with Crippen molar-refractivity contribution in [2.45, 2.75) is 49.9 Å². The monoisotopic (exact) mass is 420 g/mol. The second-order valence-electron chi connectivity index (χ2n) is 7.93. The van der Waals surface area contributed by atoms with Gasteiger partial charge in [-0.05, 0) is 0 Å². The summed E-state index contributed by atoms with van der Waals surface area (Å²) in [6.07, 6.45) is 12.5. The van der Waals surface area contributed by atoms with E-state index >= 15 is 0 Å². The summed E-state index contributed by atoms with van der Waals surface area (Å²) in [6, 6.07) is 18.1. The molecule has 2 aliphatic carbocycles. The predicted molar refractivity (Wildman–Crippen MR) is 121 cm³/mol. The van der Waals surface area contributed by atoms with Crippen LogP contribution in [-0.2, 0) is 22.6 Å². The first-order chi connectivity index (χ1) is 13.6. The molecule has 142 valence electrons. The Bertz CT molecular complexity index is 966. The zero-order chi connectivity index (χ0) is 19.6. The zero-order valence-electron chi connectivity index (χ0n) is 17.2. The number of unbranched alkanes of at least 4 members (excludes halogenated alkanes) is 1. The Morgan fingerprint density at radius 1 is 1.04 bits per heavy atom. The maximum absolute atomic E-state index is 2.56. The second kappa shape index (κ2) is 8.67. The zero-order valence-corrected chi connectivity index (χ0v) is 19.7. The van der Waals surface area contributed by atoms with Gasteiger partial charge in [-0.3, -0.25) is 0 Å². The fraction of sp³-hybridized carbons (Fsp3) is 0.308. The number of hydrogen-bond donors (Lipinski definition) is 0. The molecule has 2 unspecified atom stereocenters. The Labute approximate surface area is 180 Å². The van der Waals surface area contributed by atoms with Gasteiger partial charge in [-0.1, -0.05) is 0 Å². The van der Waals surface area contributed by atoms with Gasteiger partial charge in [0.1, 0.15) is 0 Å². The van der Waals surface area contributed by atoms with Crippen molar-refractivity contribution < 1.29 is 19.2 Å². The standard InChI is InChI=1S/C16H14P.C10H15.Ti/c1-12-6-2-5-9-15(12)17-16-11-10-13-7-3-4-8-14(13)16;1-3-4-7-10-8-5-6-9(10)2;/h2-11,17H,1H3;8H,3-5,7H2,1-2H3;. The van der Waals surface area contributed by atoms with Crippen molar-refractivity contribution in [1.29, 1.82) is 0 Å². The summed E-state index contributed by atoms with van der Waals surface area (Å²) in [7, 11) is 0.815. The fourth-order valence-corrected chi connectivity index (χ4v) is 9.70. The van der Waals surface area contributed by atoms with Crippen molar-refractivity contribution in [2.75, 3.05) is 0 Å². The van der Waals surface area contributed by atoms with E-state index in [1.807, 2.05) is 0 Å². The summed E-state index contributed by atoms with van der Waals surface area (Å²) in [4.78, 5) is 0. The van der Waals surface area contributed by atoms with E-state index in [0.29, 0.717) is 0 Å². The normalized spacial score (nSPS) is 20.9. The van der Waals surface area contributed by atoms with Crippen LogP contribution in [0.25, 0.3) is 6.08 Å². The van der Waals surface area contributed by atoms with Gasteiger partial charge in [0.2, 0.25) is 0 Å². The van der Waals surface area contributed by atoms with Crippen LogP contribution in [0.15, 0.2) is 75.7 Å². The molecule has 0 N–H and O–H groups in total. The quantitative estimate of drug-likeness (QED) is 0.332. The first-order valence-electron chi connectivity index (χ1n) is 10.4. The summed E-state index contributed by atoms with van der Waals surface area (Å²) in [5.74, 6) is 0. The number of rotatable bonds is 7. The van der Waals surface area contributed by atoms with Crippen LogP contribution in [0.5, 0.6) is 0 Å². The maximum atomic E-state index is 2.56. The van der Waals surface area contributed by atoms with E-state index in [4.69, 9.17) is 0 Å². The second-order valence-corrected chi connectivity index (χ2v) is 12.9. The van der Waals surface area contributed by atoms with Crippen LogP contribution in [0.1, 0.15) is 56.2 Å². The van der Waals surface area contributed by atoms with E-state index in [0.717, 1.165) is 8.58 Å². The minimum absolute atomic E-state index is 0.230. The predicted octanol–water partition coefficient (Wildman–Crippen LogP) is 7.06. The van der Waals surface area contributed by atoms with E-state index in [2.05, 4.69) is 87.5 Å².